The number of ether oxygens (including phenoxy) is 1. The largest absolute Gasteiger partial charge is 0.379 e. The maximum absolute atomic E-state index is 12.5. The molecule has 3 rings (SSSR count). The Morgan fingerprint density at radius 2 is 1.88 bits per heavy atom. The molecule has 0 aliphatic carbocycles. The average Bonchev–Trinajstić information content (AvgIpc) is 2.68. The number of urea groups is 1. The maximum Gasteiger partial charge on any atom is 0.317 e. The van der Waals surface area contributed by atoms with Crippen molar-refractivity contribution in [2.24, 2.45) is 0 Å². The molecule has 136 valence electrons. The molecule has 5 nitrogen and oxygen atoms in total. The van der Waals surface area contributed by atoms with Crippen LogP contribution in [-0.2, 0) is 4.74 Å². The van der Waals surface area contributed by atoms with Crippen LogP contribution in [0.5, 0.6) is 0 Å². The molecular weight excluding hydrogens is 314 g/mol. The van der Waals surface area contributed by atoms with E-state index in [1.807, 2.05) is 11.0 Å². The predicted octanol–water partition coefficient (Wildman–Crippen LogP) is 2.60. The normalized spacial score (nSPS) is 19.4. The number of rotatable bonds is 4. The zero-order chi connectivity index (χ0) is 17.7. The molecule has 2 heterocycles. The van der Waals surface area contributed by atoms with E-state index in [-0.39, 0.29) is 11.6 Å². The van der Waals surface area contributed by atoms with Gasteiger partial charge in [0.15, 0.2) is 0 Å². The monoisotopic (exact) mass is 343 g/mol. The number of carbonyl (C=O) groups is 1. The van der Waals surface area contributed by atoms with E-state index in [4.69, 9.17) is 4.74 Å². The first-order chi connectivity index (χ1) is 12.1. The van der Waals surface area contributed by atoms with Gasteiger partial charge >= 0.3 is 6.03 Å². The molecule has 0 spiro atoms. The topological polar surface area (TPSA) is 44.8 Å². The summed E-state index contributed by atoms with van der Waals surface area (Å²) in [5.41, 5.74) is 2.54. The number of hydrogen-bond donors (Lipinski definition) is 1. The Kier molecular flexibility index (Phi) is 5.76. The highest BCUT2D eigenvalue weighted by Crippen LogP contribution is 2.22. The van der Waals surface area contributed by atoms with Gasteiger partial charge in [0.1, 0.15) is 0 Å². The Bertz CT molecular complexity index is 607. The van der Waals surface area contributed by atoms with E-state index < -0.39 is 0 Å². The van der Waals surface area contributed by atoms with Gasteiger partial charge in [0.2, 0.25) is 0 Å². The Morgan fingerprint density at radius 3 is 2.52 bits per heavy atom. The minimum atomic E-state index is -0.0553. The van der Waals surface area contributed by atoms with Gasteiger partial charge in [0.05, 0.1) is 13.2 Å². The van der Waals surface area contributed by atoms with Crippen molar-refractivity contribution in [3.63, 3.8) is 0 Å². The fourth-order valence-corrected chi connectivity index (χ4v) is 3.45. The highest BCUT2D eigenvalue weighted by Gasteiger charge is 2.29. The first-order valence-electron chi connectivity index (χ1n) is 9.16. The van der Waals surface area contributed by atoms with Crippen molar-refractivity contribution >= 4 is 11.6 Å². The lowest BCUT2D eigenvalue weighted by Crippen LogP contribution is -2.56. The number of benzene rings is 1. The Morgan fingerprint density at radius 1 is 1.16 bits per heavy atom. The fraction of sp³-hybridized carbons (Fsp3) is 0.550. The summed E-state index contributed by atoms with van der Waals surface area (Å²) in [6, 6.07) is 10.4. The van der Waals surface area contributed by atoms with E-state index in [1.54, 1.807) is 0 Å². The number of nitrogens with zero attached hydrogens (tertiary/aromatic N) is 2. The number of hydrogen-bond acceptors (Lipinski definition) is 3. The zero-order valence-corrected chi connectivity index (χ0v) is 15.3. The second-order valence-corrected chi connectivity index (χ2v) is 7.36. The summed E-state index contributed by atoms with van der Waals surface area (Å²) < 4.78 is 5.42. The summed E-state index contributed by atoms with van der Waals surface area (Å²) >= 11 is 0. The SMILES string of the molecule is CC(C)(CNC(=O)N1CC=C(c2ccccc2)CC1)N1CCOCC1. The van der Waals surface area contributed by atoms with Gasteiger partial charge in [-0.05, 0) is 31.4 Å². The summed E-state index contributed by atoms with van der Waals surface area (Å²) in [5.74, 6) is 0. The van der Waals surface area contributed by atoms with E-state index in [2.05, 4.69) is 54.4 Å². The summed E-state index contributed by atoms with van der Waals surface area (Å²) in [6.07, 6.45) is 3.08. The van der Waals surface area contributed by atoms with E-state index in [1.165, 1.54) is 11.1 Å². The van der Waals surface area contributed by atoms with Crippen LogP contribution in [0.4, 0.5) is 4.79 Å². The number of carbonyl (C=O) groups excluding carboxylic acids is 1. The molecule has 1 N–H and O–H groups in total. The molecule has 0 radical (unpaired) electrons. The molecule has 1 saturated heterocycles. The van der Waals surface area contributed by atoms with E-state index in [0.29, 0.717) is 13.1 Å². The van der Waals surface area contributed by atoms with Crippen molar-refractivity contribution in [1.29, 1.82) is 0 Å². The molecule has 1 aromatic carbocycles. The van der Waals surface area contributed by atoms with Gasteiger partial charge in [-0.15, -0.1) is 0 Å². The van der Waals surface area contributed by atoms with Gasteiger partial charge in [0.25, 0.3) is 0 Å². The van der Waals surface area contributed by atoms with Gasteiger partial charge in [-0.2, -0.15) is 0 Å². The fourth-order valence-electron chi connectivity index (χ4n) is 3.45. The lowest BCUT2D eigenvalue weighted by Gasteiger charge is -2.41. The molecule has 5 heteroatoms. The summed E-state index contributed by atoms with van der Waals surface area (Å²) in [7, 11) is 0. The number of nitrogens with one attached hydrogen (secondary N) is 1. The molecule has 2 aliphatic rings. The average molecular weight is 343 g/mol. The van der Waals surface area contributed by atoms with Crippen molar-refractivity contribution in [3.8, 4) is 0 Å². The molecule has 25 heavy (non-hydrogen) atoms. The molecule has 0 atom stereocenters. The summed E-state index contributed by atoms with van der Waals surface area (Å²) in [5, 5.41) is 3.12. The summed E-state index contributed by atoms with van der Waals surface area (Å²) in [6.45, 7) is 9.86. The van der Waals surface area contributed by atoms with E-state index in [9.17, 15) is 4.79 Å². The molecule has 2 amide bonds. The molecular formula is C20H29N3O2. The number of morpholine rings is 1. The number of amides is 2. The van der Waals surface area contributed by atoms with Crippen LogP contribution in [0.1, 0.15) is 25.8 Å². The highest BCUT2D eigenvalue weighted by molar-refractivity contribution is 5.76. The molecule has 1 fully saturated rings. The lowest BCUT2D eigenvalue weighted by atomic mass is 10.00. The third-order valence-corrected chi connectivity index (χ3v) is 5.18. The van der Waals surface area contributed by atoms with Crippen LogP contribution in [0.2, 0.25) is 0 Å². The third kappa shape index (κ3) is 4.61. The Hall–Kier alpha value is -1.85. The molecule has 0 unspecified atom stereocenters. The van der Waals surface area contributed by atoms with E-state index >= 15 is 0 Å². The van der Waals surface area contributed by atoms with Crippen molar-refractivity contribution in [2.75, 3.05) is 45.9 Å². The van der Waals surface area contributed by atoms with Crippen LogP contribution >= 0.6 is 0 Å². The van der Waals surface area contributed by atoms with Crippen LogP contribution in [-0.4, -0.2) is 67.3 Å². The molecule has 0 bridgehead atoms. The molecule has 1 aromatic rings. The van der Waals surface area contributed by atoms with Crippen molar-refractivity contribution < 1.29 is 9.53 Å². The van der Waals surface area contributed by atoms with Crippen LogP contribution in [0.25, 0.3) is 5.57 Å². The predicted molar refractivity (Wildman–Crippen MR) is 100 cm³/mol. The standard InChI is InChI=1S/C20H29N3O2/c1-20(2,23-12-14-25-15-13-23)16-21-19(24)22-10-8-18(9-11-22)17-6-4-3-5-7-17/h3-8H,9-16H2,1-2H3,(H,21,24). The molecule has 0 saturated carbocycles. The highest BCUT2D eigenvalue weighted by atomic mass is 16.5. The van der Waals surface area contributed by atoms with E-state index in [0.717, 1.165) is 39.3 Å². The lowest BCUT2D eigenvalue weighted by molar-refractivity contribution is -0.00902. The molecule has 2 aliphatic heterocycles. The van der Waals surface area contributed by atoms with Crippen LogP contribution in [0.3, 0.4) is 0 Å². The summed E-state index contributed by atoms with van der Waals surface area (Å²) in [4.78, 5) is 16.8. The van der Waals surface area contributed by atoms with Crippen molar-refractivity contribution in [3.05, 3.63) is 42.0 Å². The van der Waals surface area contributed by atoms with Gasteiger partial charge in [0, 0.05) is 38.3 Å². The van der Waals surface area contributed by atoms with Gasteiger partial charge in [-0.1, -0.05) is 36.4 Å². The van der Waals surface area contributed by atoms with Crippen LogP contribution in [0.15, 0.2) is 36.4 Å². The Balaban J connectivity index is 1.50. The minimum Gasteiger partial charge on any atom is -0.379 e. The van der Waals surface area contributed by atoms with Gasteiger partial charge < -0.3 is 15.0 Å². The minimum absolute atomic E-state index is 0.0321. The third-order valence-electron chi connectivity index (χ3n) is 5.18. The zero-order valence-electron chi connectivity index (χ0n) is 15.3. The first kappa shape index (κ1) is 18.0. The maximum atomic E-state index is 12.5. The quantitative estimate of drug-likeness (QED) is 0.914. The molecule has 0 aromatic heterocycles. The second kappa shape index (κ2) is 8.02. The smallest absolute Gasteiger partial charge is 0.317 e. The van der Waals surface area contributed by atoms with Crippen molar-refractivity contribution in [2.45, 2.75) is 25.8 Å². The van der Waals surface area contributed by atoms with Gasteiger partial charge in [-0.3, -0.25) is 4.90 Å². The van der Waals surface area contributed by atoms with Crippen molar-refractivity contribution in [1.82, 2.24) is 15.1 Å². The van der Waals surface area contributed by atoms with Crippen LogP contribution < -0.4 is 5.32 Å². The Labute approximate surface area is 150 Å². The van der Waals surface area contributed by atoms with Crippen LogP contribution in [0, 0.1) is 0 Å². The second-order valence-electron chi connectivity index (χ2n) is 7.36. The first-order valence-corrected chi connectivity index (χ1v) is 9.16. The van der Waals surface area contributed by atoms with Gasteiger partial charge in [-0.25, -0.2) is 4.79 Å².